The van der Waals surface area contributed by atoms with E-state index in [9.17, 15) is 14.4 Å². The molecule has 0 aliphatic carbocycles. The average molecular weight is 333 g/mol. The first-order valence-corrected chi connectivity index (χ1v) is 9.95. The number of nitrogens with zero attached hydrogens (tertiary/aromatic N) is 1. The van der Waals surface area contributed by atoms with E-state index >= 15 is 0 Å². The third-order valence-electron chi connectivity index (χ3n) is 2.97. The molecule has 1 rings (SSSR count). The highest BCUT2D eigenvalue weighted by atomic mass is 33.1. The number of rotatable bonds is 11. The molecule has 0 spiro atoms. The van der Waals surface area contributed by atoms with Crippen molar-refractivity contribution in [2.75, 3.05) is 11.5 Å². The second kappa shape index (κ2) is 11.0. The molecular weight excluding hydrogens is 310 g/mol. The summed E-state index contributed by atoms with van der Waals surface area (Å²) >= 11 is 0. The first-order chi connectivity index (χ1) is 10.1. The number of carbonyl (C=O) groups is 3. The first-order valence-electron chi connectivity index (χ1n) is 7.46. The van der Waals surface area contributed by atoms with E-state index in [0.29, 0.717) is 5.06 Å². The number of imide groups is 1. The summed E-state index contributed by atoms with van der Waals surface area (Å²) in [6.07, 6.45) is 5.78. The van der Waals surface area contributed by atoms with Crippen LogP contribution in [0.3, 0.4) is 0 Å². The molecule has 1 aliphatic rings. The summed E-state index contributed by atoms with van der Waals surface area (Å²) in [6.45, 7) is 2.19. The van der Waals surface area contributed by atoms with Crippen molar-refractivity contribution in [3.63, 3.8) is 0 Å². The number of carbonyl (C=O) groups excluding carboxylic acids is 3. The predicted octanol–water partition coefficient (Wildman–Crippen LogP) is 3.34. The van der Waals surface area contributed by atoms with Crippen LogP contribution < -0.4 is 0 Å². The zero-order chi connectivity index (χ0) is 15.5. The fourth-order valence-electron chi connectivity index (χ4n) is 1.73. The zero-order valence-corrected chi connectivity index (χ0v) is 14.1. The number of hydrogen-bond donors (Lipinski definition) is 0. The van der Waals surface area contributed by atoms with Crippen LogP contribution >= 0.6 is 21.6 Å². The lowest BCUT2D eigenvalue weighted by atomic mass is 10.2. The Kier molecular flexibility index (Phi) is 9.58. The second-order valence-corrected chi connectivity index (χ2v) is 7.56. The molecule has 0 aromatic heterocycles. The van der Waals surface area contributed by atoms with Gasteiger partial charge in [0.15, 0.2) is 0 Å². The molecule has 1 aliphatic heterocycles. The third kappa shape index (κ3) is 7.76. The van der Waals surface area contributed by atoms with Gasteiger partial charge in [-0.15, -0.1) is 5.06 Å². The molecule has 2 amide bonds. The number of hydrogen-bond acceptors (Lipinski definition) is 6. The Morgan fingerprint density at radius 2 is 1.67 bits per heavy atom. The van der Waals surface area contributed by atoms with Gasteiger partial charge in [0.25, 0.3) is 11.8 Å². The molecule has 0 atom stereocenters. The normalized spacial score (nSPS) is 14.8. The van der Waals surface area contributed by atoms with Gasteiger partial charge in [0, 0.05) is 30.8 Å². The van der Waals surface area contributed by atoms with E-state index in [1.165, 1.54) is 18.6 Å². The zero-order valence-electron chi connectivity index (χ0n) is 12.5. The SMILES string of the molecule is CCCCSSCCCCCC(=O)ON1C(=O)CCC1=O. The molecule has 1 heterocycles. The highest BCUT2D eigenvalue weighted by Gasteiger charge is 2.32. The van der Waals surface area contributed by atoms with Gasteiger partial charge < -0.3 is 4.84 Å². The molecule has 120 valence electrons. The maximum Gasteiger partial charge on any atom is 0.333 e. The molecule has 5 nitrogen and oxygen atoms in total. The monoisotopic (exact) mass is 333 g/mol. The van der Waals surface area contributed by atoms with Crippen molar-refractivity contribution in [2.24, 2.45) is 0 Å². The Labute approximate surface area is 133 Å². The van der Waals surface area contributed by atoms with Crippen LogP contribution in [0.25, 0.3) is 0 Å². The number of hydroxylamine groups is 2. The predicted molar refractivity (Wildman–Crippen MR) is 85.5 cm³/mol. The maximum absolute atomic E-state index is 11.5. The summed E-state index contributed by atoms with van der Waals surface area (Å²) in [5.74, 6) is 0.948. The minimum Gasteiger partial charge on any atom is -0.330 e. The summed E-state index contributed by atoms with van der Waals surface area (Å²) in [5.41, 5.74) is 0. The van der Waals surface area contributed by atoms with Gasteiger partial charge in [-0.25, -0.2) is 4.79 Å². The van der Waals surface area contributed by atoms with Gasteiger partial charge in [0.2, 0.25) is 0 Å². The largest absolute Gasteiger partial charge is 0.333 e. The minimum atomic E-state index is -0.497. The van der Waals surface area contributed by atoms with Gasteiger partial charge in [0.05, 0.1) is 0 Å². The molecule has 0 saturated carbocycles. The molecule has 1 fully saturated rings. The second-order valence-electron chi connectivity index (χ2n) is 4.85. The Bertz CT molecular complexity index is 347. The van der Waals surface area contributed by atoms with E-state index in [-0.39, 0.29) is 19.3 Å². The van der Waals surface area contributed by atoms with Gasteiger partial charge in [-0.1, -0.05) is 41.4 Å². The molecule has 0 bridgehead atoms. The Morgan fingerprint density at radius 1 is 1.05 bits per heavy atom. The van der Waals surface area contributed by atoms with Gasteiger partial charge >= 0.3 is 5.97 Å². The summed E-state index contributed by atoms with van der Waals surface area (Å²) in [4.78, 5) is 38.8. The molecule has 0 unspecified atom stereocenters. The molecule has 0 aromatic rings. The Hall–Kier alpha value is -0.690. The van der Waals surface area contributed by atoms with Gasteiger partial charge in [-0.05, 0) is 19.3 Å². The van der Waals surface area contributed by atoms with Crippen molar-refractivity contribution in [2.45, 2.75) is 58.3 Å². The summed E-state index contributed by atoms with van der Waals surface area (Å²) in [7, 11) is 3.79. The fraction of sp³-hybridized carbons (Fsp3) is 0.786. The van der Waals surface area contributed by atoms with Gasteiger partial charge in [-0.3, -0.25) is 9.59 Å². The van der Waals surface area contributed by atoms with Crippen LogP contribution in [0.5, 0.6) is 0 Å². The highest BCUT2D eigenvalue weighted by molar-refractivity contribution is 8.76. The topological polar surface area (TPSA) is 63.7 Å². The summed E-state index contributed by atoms with van der Waals surface area (Å²) in [6, 6.07) is 0. The Morgan fingerprint density at radius 3 is 2.29 bits per heavy atom. The van der Waals surface area contributed by atoms with Crippen molar-refractivity contribution in [1.29, 1.82) is 0 Å². The van der Waals surface area contributed by atoms with Crippen molar-refractivity contribution in [3.8, 4) is 0 Å². The van der Waals surface area contributed by atoms with E-state index in [4.69, 9.17) is 4.84 Å². The van der Waals surface area contributed by atoms with E-state index in [1.54, 1.807) is 0 Å². The van der Waals surface area contributed by atoms with Crippen molar-refractivity contribution in [3.05, 3.63) is 0 Å². The standard InChI is InChI=1S/C14H23NO4S2/c1-2-3-10-20-21-11-6-4-5-7-14(18)19-15-12(16)8-9-13(15)17/h2-11H2,1H3. The van der Waals surface area contributed by atoms with E-state index in [2.05, 4.69) is 6.92 Å². The lowest BCUT2D eigenvalue weighted by molar-refractivity contribution is -0.197. The van der Waals surface area contributed by atoms with Crippen molar-refractivity contribution >= 4 is 39.4 Å². The molecular formula is C14H23NO4S2. The molecule has 1 saturated heterocycles. The summed E-state index contributed by atoms with van der Waals surface area (Å²) in [5, 5.41) is 0.614. The van der Waals surface area contributed by atoms with Gasteiger partial charge in [-0.2, -0.15) is 0 Å². The van der Waals surface area contributed by atoms with E-state index < -0.39 is 17.8 Å². The quantitative estimate of drug-likeness (QED) is 0.328. The van der Waals surface area contributed by atoms with Crippen LogP contribution in [0.15, 0.2) is 0 Å². The highest BCUT2D eigenvalue weighted by Crippen LogP contribution is 2.24. The van der Waals surface area contributed by atoms with E-state index in [1.807, 2.05) is 21.6 Å². The van der Waals surface area contributed by atoms with Crippen molar-refractivity contribution < 1.29 is 19.2 Å². The molecule has 0 aromatic carbocycles. The van der Waals surface area contributed by atoms with Crippen LogP contribution in [0, 0.1) is 0 Å². The molecule has 21 heavy (non-hydrogen) atoms. The fourth-order valence-corrected chi connectivity index (χ4v) is 4.11. The van der Waals surface area contributed by atoms with Crippen LogP contribution in [0.2, 0.25) is 0 Å². The van der Waals surface area contributed by atoms with Crippen LogP contribution in [0.4, 0.5) is 0 Å². The van der Waals surface area contributed by atoms with Crippen molar-refractivity contribution in [1.82, 2.24) is 5.06 Å². The summed E-state index contributed by atoms with van der Waals surface area (Å²) < 4.78 is 0. The Balaban J connectivity index is 1.96. The maximum atomic E-state index is 11.5. The molecule has 0 N–H and O–H groups in total. The average Bonchev–Trinajstić information content (AvgIpc) is 2.77. The molecule has 7 heteroatoms. The lowest BCUT2D eigenvalue weighted by Gasteiger charge is -2.12. The lowest BCUT2D eigenvalue weighted by Crippen LogP contribution is -2.31. The smallest absolute Gasteiger partial charge is 0.330 e. The third-order valence-corrected chi connectivity index (χ3v) is 5.55. The van der Waals surface area contributed by atoms with Gasteiger partial charge in [0.1, 0.15) is 0 Å². The number of unbranched alkanes of at least 4 members (excludes halogenated alkanes) is 3. The van der Waals surface area contributed by atoms with E-state index in [0.717, 1.165) is 25.0 Å². The minimum absolute atomic E-state index is 0.138. The first kappa shape index (κ1) is 18.4. The van der Waals surface area contributed by atoms with Crippen LogP contribution in [0.1, 0.15) is 58.3 Å². The van der Waals surface area contributed by atoms with Crippen LogP contribution in [-0.2, 0) is 19.2 Å². The van der Waals surface area contributed by atoms with Crippen LogP contribution in [-0.4, -0.2) is 34.4 Å². The number of amides is 2. The molecule has 0 radical (unpaired) electrons.